The molecule has 44 heavy (non-hydrogen) atoms. The third-order valence-corrected chi connectivity index (χ3v) is 8.26. The normalized spacial score (nSPS) is 19.9. The highest BCUT2D eigenvalue weighted by molar-refractivity contribution is 6.33. The highest BCUT2D eigenvalue weighted by Crippen LogP contribution is 2.42. The van der Waals surface area contributed by atoms with Gasteiger partial charge in [-0.1, -0.05) is 44.9 Å². The molecular formula is C31H44ClF3N6O3. The van der Waals surface area contributed by atoms with Crippen LogP contribution in [0.2, 0.25) is 5.02 Å². The first kappa shape index (κ1) is 35.4. The van der Waals surface area contributed by atoms with E-state index in [2.05, 4.69) is 36.8 Å². The summed E-state index contributed by atoms with van der Waals surface area (Å²) in [7, 11) is 3.45. The van der Waals surface area contributed by atoms with Crippen molar-refractivity contribution in [1.82, 2.24) is 20.8 Å². The highest BCUT2D eigenvalue weighted by Gasteiger charge is 2.39. The Bertz CT molecular complexity index is 1280. The molecule has 2 unspecified atom stereocenters. The number of amidine groups is 1. The van der Waals surface area contributed by atoms with Crippen LogP contribution in [0.1, 0.15) is 52.5 Å². The number of anilines is 1. The number of hydrazine groups is 1. The molecule has 0 fully saturated rings. The maximum absolute atomic E-state index is 13.0. The molecule has 9 nitrogen and oxygen atoms in total. The van der Waals surface area contributed by atoms with Gasteiger partial charge >= 0.3 is 6.18 Å². The van der Waals surface area contributed by atoms with Gasteiger partial charge in [-0.05, 0) is 74.4 Å². The molecule has 0 saturated heterocycles. The summed E-state index contributed by atoms with van der Waals surface area (Å²) in [6, 6.07) is 2.76. The SMILES string of the molecule is CCNC[C@H](CC)C1C(C(C)=O)=C(NN(C)/C(=N\N(C)CC(=O)Nc2ccc(C(F)(F)F)cc2Cl)C2=CCOCC2)CC1C. The van der Waals surface area contributed by atoms with Crippen LogP contribution in [0.15, 0.2) is 46.2 Å². The summed E-state index contributed by atoms with van der Waals surface area (Å²) in [6.07, 6.45) is -0.343. The zero-order valence-corrected chi connectivity index (χ0v) is 27.0. The van der Waals surface area contributed by atoms with Crippen molar-refractivity contribution in [3.63, 3.8) is 0 Å². The molecule has 0 spiro atoms. The van der Waals surface area contributed by atoms with Crippen LogP contribution in [0.5, 0.6) is 0 Å². The topological polar surface area (TPSA) is 98.3 Å². The number of benzene rings is 1. The van der Waals surface area contributed by atoms with Gasteiger partial charge in [0, 0.05) is 25.4 Å². The Morgan fingerprint density at radius 3 is 2.52 bits per heavy atom. The van der Waals surface area contributed by atoms with Gasteiger partial charge in [-0.15, -0.1) is 0 Å². The average molecular weight is 641 g/mol. The molecule has 1 aromatic carbocycles. The Morgan fingerprint density at radius 2 is 1.95 bits per heavy atom. The molecule has 244 valence electrons. The number of Topliss-reactive ketones (excluding diaryl/α,β-unsaturated/α-hetero) is 1. The van der Waals surface area contributed by atoms with Crippen molar-refractivity contribution < 1.29 is 27.5 Å². The van der Waals surface area contributed by atoms with E-state index in [-0.39, 0.29) is 34.9 Å². The van der Waals surface area contributed by atoms with E-state index < -0.39 is 17.6 Å². The first-order valence-electron chi connectivity index (χ1n) is 14.9. The van der Waals surface area contributed by atoms with Crippen LogP contribution in [0.25, 0.3) is 0 Å². The maximum atomic E-state index is 13.0. The Morgan fingerprint density at radius 1 is 1.23 bits per heavy atom. The van der Waals surface area contributed by atoms with E-state index in [1.165, 1.54) is 5.01 Å². The molecule has 3 atom stereocenters. The quantitative estimate of drug-likeness (QED) is 0.150. The van der Waals surface area contributed by atoms with Gasteiger partial charge in [-0.25, -0.2) is 0 Å². The van der Waals surface area contributed by atoms with Gasteiger partial charge in [-0.3, -0.25) is 19.6 Å². The third kappa shape index (κ3) is 9.21. The second kappa shape index (κ2) is 15.8. The number of halogens is 4. The standard InChI is InChI=1S/C31H44ClF3N6O3/c1-7-21(17-36-8-2)28-19(3)15-26(29(28)20(4)42)38-41(6)30(22-11-13-44-14-12-22)39-40(5)18-27(43)37-25-10-9-23(16-24(25)32)31(33,34)35/h9-11,16,19,21,28,36,38H,7-8,12-15,17-18H2,1-6H3,(H,37,43)/b39-30-/t19?,21-,28?/m0/s1. The molecule has 0 aromatic heterocycles. The fourth-order valence-corrected chi connectivity index (χ4v) is 6.10. The molecule has 1 aromatic rings. The molecule has 1 amide bonds. The lowest BCUT2D eigenvalue weighted by atomic mass is 9.78. The van der Waals surface area contributed by atoms with Gasteiger partial charge in [0.25, 0.3) is 0 Å². The average Bonchev–Trinajstić information content (AvgIpc) is 3.28. The molecule has 0 radical (unpaired) electrons. The molecule has 0 bridgehead atoms. The summed E-state index contributed by atoms with van der Waals surface area (Å²) < 4.78 is 44.5. The van der Waals surface area contributed by atoms with Crippen molar-refractivity contribution in [1.29, 1.82) is 0 Å². The largest absolute Gasteiger partial charge is 0.416 e. The van der Waals surface area contributed by atoms with Gasteiger partial charge < -0.3 is 20.8 Å². The number of nitrogens with one attached hydrogen (secondary N) is 3. The minimum absolute atomic E-state index is 0.0460. The van der Waals surface area contributed by atoms with Gasteiger partial charge in [0.15, 0.2) is 11.6 Å². The van der Waals surface area contributed by atoms with E-state index in [1.54, 1.807) is 19.0 Å². The predicted octanol–water partition coefficient (Wildman–Crippen LogP) is 5.46. The van der Waals surface area contributed by atoms with E-state index in [4.69, 9.17) is 21.4 Å². The number of carbonyl (C=O) groups excluding carboxylic acids is 2. The number of hydrogen-bond donors (Lipinski definition) is 3. The second-order valence-corrected chi connectivity index (χ2v) is 11.7. The molecule has 3 rings (SSSR count). The van der Waals surface area contributed by atoms with Crippen LogP contribution >= 0.6 is 11.6 Å². The van der Waals surface area contributed by atoms with Crippen LogP contribution in [-0.4, -0.2) is 74.5 Å². The number of rotatable bonds is 13. The molecule has 0 saturated carbocycles. The number of hydrazone groups is 1. The molecule has 3 N–H and O–H groups in total. The number of amides is 1. The Balaban J connectivity index is 1.82. The van der Waals surface area contributed by atoms with Crippen LogP contribution in [0, 0.1) is 17.8 Å². The maximum Gasteiger partial charge on any atom is 0.416 e. The third-order valence-electron chi connectivity index (χ3n) is 7.94. The highest BCUT2D eigenvalue weighted by atomic mass is 35.5. The lowest BCUT2D eigenvalue weighted by Gasteiger charge is -2.29. The fraction of sp³-hybridized carbons (Fsp3) is 0.581. The zero-order valence-electron chi connectivity index (χ0n) is 26.3. The number of carbonyl (C=O) groups is 2. The second-order valence-electron chi connectivity index (χ2n) is 11.3. The van der Waals surface area contributed by atoms with Crippen molar-refractivity contribution in [3.8, 4) is 0 Å². The van der Waals surface area contributed by atoms with E-state index in [9.17, 15) is 22.8 Å². The minimum Gasteiger partial charge on any atom is -0.377 e. The number of likely N-dealkylation sites (N-methyl/N-ethyl adjacent to an activating group) is 2. The number of alkyl halides is 3. The first-order valence-corrected chi connectivity index (χ1v) is 15.3. The zero-order chi connectivity index (χ0) is 32.6. The van der Waals surface area contributed by atoms with Crippen molar-refractivity contribution in [3.05, 3.63) is 51.7 Å². The minimum atomic E-state index is -4.54. The number of nitrogens with zero attached hydrogens (tertiary/aromatic N) is 3. The van der Waals surface area contributed by atoms with Crippen molar-refractivity contribution in [2.24, 2.45) is 22.9 Å². The lowest BCUT2D eigenvalue weighted by molar-refractivity contribution is -0.137. The Labute approximate surface area is 262 Å². The van der Waals surface area contributed by atoms with Gasteiger partial charge in [-0.2, -0.15) is 18.3 Å². The van der Waals surface area contributed by atoms with E-state index in [0.717, 1.165) is 54.6 Å². The summed E-state index contributed by atoms with van der Waals surface area (Å²) in [5.74, 6) is 0.821. The number of ether oxygens (including phenoxy) is 1. The molecule has 1 heterocycles. The van der Waals surface area contributed by atoms with E-state index >= 15 is 0 Å². The van der Waals surface area contributed by atoms with Crippen LogP contribution in [0.3, 0.4) is 0 Å². The fourth-order valence-electron chi connectivity index (χ4n) is 5.87. The number of allylic oxidation sites excluding steroid dienone is 2. The monoisotopic (exact) mass is 640 g/mol. The van der Waals surface area contributed by atoms with Crippen molar-refractivity contribution in [2.75, 3.05) is 52.3 Å². The number of hydrogen-bond acceptors (Lipinski definition) is 7. The Hall–Kier alpha value is -3.09. The van der Waals surface area contributed by atoms with Gasteiger partial charge in [0.1, 0.15) is 6.54 Å². The van der Waals surface area contributed by atoms with Crippen molar-refractivity contribution in [2.45, 2.75) is 53.1 Å². The summed E-state index contributed by atoms with van der Waals surface area (Å²) >= 11 is 6.01. The van der Waals surface area contributed by atoms with Gasteiger partial charge in [0.2, 0.25) is 5.91 Å². The van der Waals surface area contributed by atoms with Gasteiger partial charge in [0.05, 0.1) is 29.5 Å². The lowest BCUT2D eigenvalue weighted by Crippen LogP contribution is -2.42. The molecule has 2 aliphatic rings. The number of ketones is 1. The summed E-state index contributed by atoms with van der Waals surface area (Å²) in [5, 5.41) is 13.7. The van der Waals surface area contributed by atoms with Crippen molar-refractivity contribution >= 4 is 34.8 Å². The molecule has 1 aliphatic carbocycles. The summed E-state index contributed by atoms with van der Waals surface area (Å²) in [5.41, 5.74) is 5.21. The summed E-state index contributed by atoms with van der Waals surface area (Å²) in [4.78, 5) is 25.8. The van der Waals surface area contributed by atoms with E-state index in [1.807, 2.05) is 13.1 Å². The first-order chi connectivity index (χ1) is 20.8. The molecule has 1 aliphatic heterocycles. The van der Waals surface area contributed by atoms with Crippen LogP contribution in [0.4, 0.5) is 18.9 Å². The predicted molar refractivity (Wildman–Crippen MR) is 167 cm³/mol. The molecular weight excluding hydrogens is 597 g/mol. The smallest absolute Gasteiger partial charge is 0.377 e. The summed E-state index contributed by atoms with van der Waals surface area (Å²) in [6.45, 7) is 10.5. The van der Waals surface area contributed by atoms with Crippen LogP contribution in [-0.2, 0) is 20.5 Å². The van der Waals surface area contributed by atoms with E-state index in [0.29, 0.717) is 37.8 Å². The van der Waals surface area contributed by atoms with Crippen LogP contribution < -0.4 is 16.1 Å². The Kier molecular flexibility index (Phi) is 12.7. The molecule has 13 heteroatoms.